The van der Waals surface area contributed by atoms with Gasteiger partial charge in [0.2, 0.25) is 5.91 Å². The van der Waals surface area contributed by atoms with Gasteiger partial charge < -0.3 is 14.8 Å². The van der Waals surface area contributed by atoms with Crippen LogP contribution >= 0.6 is 0 Å². The molecule has 1 aliphatic heterocycles. The quantitative estimate of drug-likeness (QED) is 0.870. The first-order valence-electron chi connectivity index (χ1n) is 8.19. The molecule has 5 nitrogen and oxygen atoms in total. The van der Waals surface area contributed by atoms with Crippen LogP contribution in [0.1, 0.15) is 54.6 Å². The van der Waals surface area contributed by atoms with Gasteiger partial charge in [-0.15, -0.1) is 0 Å². The summed E-state index contributed by atoms with van der Waals surface area (Å²) in [4.78, 5) is 23.0. The summed E-state index contributed by atoms with van der Waals surface area (Å²) in [5.74, 6) is 0.0972. The summed E-state index contributed by atoms with van der Waals surface area (Å²) >= 11 is 0. The van der Waals surface area contributed by atoms with Crippen molar-refractivity contribution in [2.45, 2.75) is 50.9 Å². The molecule has 5 heteroatoms. The highest BCUT2D eigenvalue weighted by Gasteiger charge is 2.42. The van der Waals surface area contributed by atoms with Gasteiger partial charge in [-0.25, -0.2) is 4.79 Å². The van der Waals surface area contributed by atoms with Gasteiger partial charge in [-0.2, -0.15) is 0 Å². The van der Waals surface area contributed by atoms with Gasteiger partial charge in [-0.3, -0.25) is 4.79 Å². The number of rotatable bonds is 3. The molecule has 0 spiro atoms. The molecule has 1 aliphatic carbocycles. The Morgan fingerprint density at radius 3 is 2.61 bits per heavy atom. The van der Waals surface area contributed by atoms with Crippen LogP contribution in [-0.4, -0.2) is 31.1 Å². The SMILES string of the molecule is COC(=O)c1ccc([C@H]2C[C@@H](NC(C)=O)[C@@H]3CCC[C@H]3O2)cc1. The Labute approximate surface area is 136 Å². The largest absolute Gasteiger partial charge is 0.465 e. The molecule has 1 amide bonds. The fourth-order valence-corrected chi connectivity index (χ4v) is 3.85. The number of methoxy groups -OCH3 is 1. The zero-order valence-electron chi connectivity index (χ0n) is 13.6. The Hall–Kier alpha value is -1.88. The van der Waals surface area contributed by atoms with Crippen LogP contribution < -0.4 is 5.32 Å². The lowest BCUT2D eigenvalue weighted by Gasteiger charge is -2.39. The molecule has 0 aromatic heterocycles. The van der Waals surface area contributed by atoms with Crippen molar-refractivity contribution in [3.8, 4) is 0 Å². The van der Waals surface area contributed by atoms with Crippen molar-refractivity contribution in [2.75, 3.05) is 7.11 Å². The number of carbonyl (C=O) groups is 2. The van der Waals surface area contributed by atoms with E-state index in [0.717, 1.165) is 31.2 Å². The summed E-state index contributed by atoms with van der Waals surface area (Å²) in [7, 11) is 1.37. The molecule has 1 aromatic carbocycles. The van der Waals surface area contributed by atoms with Crippen LogP contribution in [0.2, 0.25) is 0 Å². The number of nitrogens with one attached hydrogen (secondary N) is 1. The Kier molecular flexibility index (Phi) is 4.66. The molecule has 2 aliphatic rings. The summed E-state index contributed by atoms with van der Waals surface area (Å²) in [6.07, 6.45) is 4.27. The first kappa shape index (κ1) is 16.0. The maximum atomic E-state index is 11.5. The molecule has 0 bridgehead atoms. The number of fused-ring (bicyclic) bond motifs is 1. The van der Waals surface area contributed by atoms with Crippen LogP contribution in [0.5, 0.6) is 0 Å². The molecular weight excluding hydrogens is 294 g/mol. The van der Waals surface area contributed by atoms with Crippen LogP contribution in [0.4, 0.5) is 0 Å². The predicted molar refractivity (Wildman–Crippen MR) is 85.0 cm³/mol. The molecule has 1 saturated heterocycles. The molecular formula is C18H23NO4. The third kappa shape index (κ3) is 3.39. The number of hydrogen-bond donors (Lipinski definition) is 1. The predicted octanol–water partition coefficient (Wildman–Crippen LogP) is 2.61. The minimum atomic E-state index is -0.340. The molecule has 124 valence electrons. The fraction of sp³-hybridized carbons (Fsp3) is 0.556. The van der Waals surface area contributed by atoms with E-state index in [1.54, 1.807) is 19.1 Å². The van der Waals surface area contributed by atoms with Gasteiger partial charge in [0.05, 0.1) is 24.9 Å². The van der Waals surface area contributed by atoms with Crippen molar-refractivity contribution in [1.29, 1.82) is 0 Å². The summed E-state index contributed by atoms with van der Waals surface area (Å²) in [6.45, 7) is 1.57. The maximum Gasteiger partial charge on any atom is 0.337 e. The van der Waals surface area contributed by atoms with Crippen LogP contribution in [-0.2, 0) is 14.3 Å². The maximum absolute atomic E-state index is 11.5. The average Bonchev–Trinajstić information content (AvgIpc) is 3.02. The van der Waals surface area contributed by atoms with E-state index >= 15 is 0 Å². The second kappa shape index (κ2) is 6.71. The topological polar surface area (TPSA) is 64.6 Å². The number of ether oxygens (including phenoxy) is 2. The van der Waals surface area contributed by atoms with Crippen molar-refractivity contribution in [2.24, 2.45) is 5.92 Å². The van der Waals surface area contributed by atoms with E-state index in [2.05, 4.69) is 5.32 Å². The molecule has 23 heavy (non-hydrogen) atoms. The zero-order chi connectivity index (χ0) is 16.4. The standard InChI is InChI=1S/C18H23NO4/c1-11(20)19-15-10-17(23-16-5-3-4-14(15)16)12-6-8-13(9-7-12)18(21)22-2/h6-9,14-17H,3-5,10H2,1-2H3,(H,19,20)/t14-,15+,16+,17+/m0/s1. The third-order valence-electron chi connectivity index (χ3n) is 4.92. The van der Waals surface area contributed by atoms with Gasteiger partial charge in [0.15, 0.2) is 0 Å². The van der Waals surface area contributed by atoms with E-state index in [1.807, 2.05) is 12.1 Å². The second-order valence-electron chi connectivity index (χ2n) is 6.41. The first-order chi connectivity index (χ1) is 11.1. The van der Waals surface area contributed by atoms with E-state index in [4.69, 9.17) is 9.47 Å². The number of amides is 1. The molecule has 1 saturated carbocycles. The first-order valence-corrected chi connectivity index (χ1v) is 8.19. The minimum absolute atomic E-state index is 0.0161. The molecule has 2 fully saturated rings. The molecule has 1 heterocycles. The number of esters is 1. The fourth-order valence-electron chi connectivity index (χ4n) is 3.85. The highest BCUT2D eigenvalue weighted by molar-refractivity contribution is 5.89. The van der Waals surface area contributed by atoms with Gasteiger partial charge in [0.1, 0.15) is 0 Å². The van der Waals surface area contributed by atoms with Gasteiger partial charge in [-0.1, -0.05) is 18.6 Å². The van der Waals surface area contributed by atoms with Crippen molar-refractivity contribution in [3.63, 3.8) is 0 Å². The van der Waals surface area contributed by atoms with E-state index in [9.17, 15) is 9.59 Å². The van der Waals surface area contributed by atoms with Crippen LogP contribution in [0.3, 0.4) is 0 Å². The van der Waals surface area contributed by atoms with E-state index in [0.29, 0.717) is 11.5 Å². The second-order valence-corrected chi connectivity index (χ2v) is 6.41. The smallest absolute Gasteiger partial charge is 0.337 e. The lowest BCUT2D eigenvalue weighted by molar-refractivity contribution is -0.124. The van der Waals surface area contributed by atoms with E-state index in [1.165, 1.54) is 7.11 Å². The lowest BCUT2D eigenvalue weighted by Crippen LogP contribution is -2.47. The molecule has 0 unspecified atom stereocenters. The van der Waals surface area contributed by atoms with Crippen LogP contribution in [0.25, 0.3) is 0 Å². The monoisotopic (exact) mass is 317 g/mol. The number of carbonyl (C=O) groups excluding carboxylic acids is 2. The normalized spacial score (nSPS) is 29.7. The molecule has 1 N–H and O–H groups in total. The Bertz CT molecular complexity index is 583. The number of benzene rings is 1. The van der Waals surface area contributed by atoms with Crippen molar-refractivity contribution >= 4 is 11.9 Å². The van der Waals surface area contributed by atoms with Crippen molar-refractivity contribution in [3.05, 3.63) is 35.4 Å². The van der Waals surface area contributed by atoms with Crippen molar-refractivity contribution in [1.82, 2.24) is 5.32 Å². The molecule has 0 radical (unpaired) electrons. The van der Waals surface area contributed by atoms with Gasteiger partial charge >= 0.3 is 5.97 Å². The molecule has 3 rings (SSSR count). The lowest BCUT2D eigenvalue weighted by atomic mass is 9.86. The van der Waals surface area contributed by atoms with Crippen molar-refractivity contribution < 1.29 is 19.1 Å². The summed E-state index contributed by atoms with van der Waals surface area (Å²) in [6, 6.07) is 7.52. The Morgan fingerprint density at radius 1 is 1.22 bits per heavy atom. The third-order valence-corrected chi connectivity index (χ3v) is 4.92. The summed E-state index contributed by atoms with van der Waals surface area (Å²) in [5.41, 5.74) is 1.57. The zero-order valence-corrected chi connectivity index (χ0v) is 13.6. The highest BCUT2D eigenvalue weighted by atomic mass is 16.5. The van der Waals surface area contributed by atoms with Crippen LogP contribution in [0.15, 0.2) is 24.3 Å². The highest BCUT2D eigenvalue weighted by Crippen LogP contribution is 2.42. The Balaban J connectivity index is 1.76. The molecule has 4 atom stereocenters. The van der Waals surface area contributed by atoms with Crippen LogP contribution in [0, 0.1) is 5.92 Å². The Morgan fingerprint density at radius 2 is 1.96 bits per heavy atom. The molecule has 1 aromatic rings. The van der Waals surface area contributed by atoms with Gasteiger partial charge in [0, 0.05) is 18.9 Å². The van der Waals surface area contributed by atoms with E-state index < -0.39 is 0 Å². The van der Waals surface area contributed by atoms with E-state index in [-0.39, 0.29) is 30.1 Å². The summed E-state index contributed by atoms with van der Waals surface area (Å²) in [5, 5.41) is 3.10. The number of hydrogen-bond acceptors (Lipinski definition) is 4. The minimum Gasteiger partial charge on any atom is -0.465 e. The van der Waals surface area contributed by atoms with Gasteiger partial charge in [-0.05, 0) is 37.0 Å². The van der Waals surface area contributed by atoms with Gasteiger partial charge in [0.25, 0.3) is 0 Å². The summed E-state index contributed by atoms with van der Waals surface area (Å²) < 4.78 is 11.0. The average molecular weight is 317 g/mol.